The first-order chi connectivity index (χ1) is 16.6. The summed E-state index contributed by atoms with van der Waals surface area (Å²) >= 11 is 3.17. The van der Waals surface area contributed by atoms with E-state index in [1.54, 1.807) is 18.3 Å². The van der Waals surface area contributed by atoms with Gasteiger partial charge in [0.25, 0.3) is 0 Å². The molecule has 0 bridgehead atoms. The maximum atomic E-state index is 11.3. The lowest BCUT2D eigenvalue weighted by atomic mass is 10.1. The fourth-order valence-corrected chi connectivity index (χ4v) is 5.38. The average molecular weight is 494 g/mol. The number of azo groups is 1. The number of carbonyl (C=O) groups is 1. The Morgan fingerprint density at radius 2 is 1.65 bits per heavy atom. The fourth-order valence-electron chi connectivity index (χ4n) is 3.34. The molecule has 2 heterocycles. The molecule has 0 saturated heterocycles. The van der Waals surface area contributed by atoms with Crippen LogP contribution in [0.5, 0.6) is 0 Å². The van der Waals surface area contributed by atoms with Gasteiger partial charge in [0.15, 0.2) is 0 Å². The smallest absolute Gasteiger partial charge is 0.142 e. The van der Waals surface area contributed by atoms with Crippen LogP contribution in [0.1, 0.15) is 25.0 Å². The summed E-state index contributed by atoms with van der Waals surface area (Å²) in [5, 5.41) is 10.6. The number of aromatic nitrogens is 1. The Balaban J connectivity index is 1.32. The largest absolute Gasteiger partial charge is 0.379 e. The molecule has 0 aliphatic carbocycles. The van der Waals surface area contributed by atoms with Crippen LogP contribution in [0.15, 0.2) is 64.8 Å². The molecule has 6 nitrogen and oxygen atoms in total. The number of carbonyl (C=O) groups excluding carboxylic acids is 1. The molecule has 34 heavy (non-hydrogen) atoms. The Labute approximate surface area is 207 Å². The molecule has 0 amide bonds. The van der Waals surface area contributed by atoms with E-state index in [-0.39, 0.29) is 5.78 Å². The maximum Gasteiger partial charge on any atom is 0.142 e. The molecule has 0 radical (unpaired) electrons. The highest BCUT2D eigenvalue weighted by Gasteiger charge is 2.10. The molecule has 0 aliphatic rings. The molecule has 0 aliphatic heterocycles. The van der Waals surface area contributed by atoms with Crippen molar-refractivity contribution in [1.82, 2.24) is 4.98 Å². The summed E-state index contributed by atoms with van der Waals surface area (Å²) in [6, 6.07) is 18.1. The molecular weight excluding hydrogens is 466 g/mol. The molecule has 0 N–H and O–H groups in total. The SMILES string of the molecule is CCOCCOCCc1ccc(N=Nc2cc3sc(-c4ccc(CC(C)=O)cc4)nc3s2)cc1. The summed E-state index contributed by atoms with van der Waals surface area (Å²) in [6.07, 6.45) is 1.33. The average Bonchev–Trinajstić information content (AvgIpc) is 3.40. The van der Waals surface area contributed by atoms with E-state index in [0.717, 1.165) is 49.4 Å². The number of rotatable bonds is 12. The van der Waals surface area contributed by atoms with Gasteiger partial charge in [-0.25, -0.2) is 4.98 Å². The van der Waals surface area contributed by atoms with E-state index in [9.17, 15) is 4.79 Å². The van der Waals surface area contributed by atoms with Gasteiger partial charge in [0, 0.05) is 18.6 Å². The van der Waals surface area contributed by atoms with Crippen LogP contribution in [-0.4, -0.2) is 37.2 Å². The topological polar surface area (TPSA) is 73.1 Å². The summed E-state index contributed by atoms with van der Waals surface area (Å²) < 4.78 is 11.9. The predicted octanol–water partition coefficient (Wildman–Crippen LogP) is 7.17. The van der Waals surface area contributed by atoms with Gasteiger partial charge in [-0.3, -0.25) is 4.79 Å². The van der Waals surface area contributed by atoms with Gasteiger partial charge in [0.05, 0.1) is 30.2 Å². The van der Waals surface area contributed by atoms with Gasteiger partial charge in [0.1, 0.15) is 20.6 Å². The monoisotopic (exact) mass is 493 g/mol. The van der Waals surface area contributed by atoms with E-state index in [1.165, 1.54) is 16.9 Å². The van der Waals surface area contributed by atoms with Crippen molar-refractivity contribution in [2.45, 2.75) is 26.7 Å². The van der Waals surface area contributed by atoms with Crippen LogP contribution in [0.25, 0.3) is 20.1 Å². The first kappa shape index (κ1) is 24.3. The first-order valence-corrected chi connectivity index (χ1v) is 12.9. The zero-order valence-electron chi connectivity index (χ0n) is 19.3. The van der Waals surface area contributed by atoms with Crippen molar-refractivity contribution in [3.8, 4) is 10.6 Å². The molecule has 0 saturated carbocycles. The van der Waals surface area contributed by atoms with Gasteiger partial charge in [-0.05, 0) is 49.6 Å². The Kier molecular flexibility index (Phi) is 8.65. The van der Waals surface area contributed by atoms with Crippen molar-refractivity contribution in [2.75, 3.05) is 26.4 Å². The molecule has 176 valence electrons. The molecule has 4 aromatic rings. The Bertz CT molecular complexity index is 1210. The molecule has 2 aromatic heterocycles. The highest BCUT2D eigenvalue weighted by atomic mass is 32.1. The number of ketones is 1. The quantitative estimate of drug-likeness (QED) is 0.155. The second kappa shape index (κ2) is 12.1. The van der Waals surface area contributed by atoms with Crippen LogP contribution in [0.3, 0.4) is 0 Å². The third kappa shape index (κ3) is 6.87. The van der Waals surface area contributed by atoms with Gasteiger partial charge in [0.2, 0.25) is 0 Å². The Morgan fingerprint density at radius 1 is 0.912 bits per heavy atom. The number of hydrogen-bond donors (Lipinski definition) is 0. The number of nitrogens with zero attached hydrogens (tertiary/aromatic N) is 3. The number of ether oxygens (including phenoxy) is 2. The van der Waals surface area contributed by atoms with E-state index in [4.69, 9.17) is 14.5 Å². The molecule has 0 spiro atoms. The van der Waals surface area contributed by atoms with Crippen LogP contribution >= 0.6 is 22.7 Å². The molecule has 0 atom stereocenters. The fraction of sp³-hybridized carbons (Fsp3) is 0.308. The number of fused-ring (bicyclic) bond motifs is 1. The number of thiophene rings is 1. The standard InChI is InChI=1S/C26H27N3O3S2/c1-3-31-14-15-32-13-12-19-6-10-22(11-7-19)28-29-24-17-23-26(34-24)27-25(33-23)21-8-4-20(5-9-21)16-18(2)30/h4-11,17H,3,12-16H2,1-2H3. The van der Waals surface area contributed by atoms with Gasteiger partial charge >= 0.3 is 0 Å². The van der Waals surface area contributed by atoms with Crippen molar-refractivity contribution in [3.63, 3.8) is 0 Å². The van der Waals surface area contributed by atoms with E-state index >= 15 is 0 Å². The Hall–Kier alpha value is -2.78. The minimum absolute atomic E-state index is 0.166. The normalized spacial score (nSPS) is 11.6. The van der Waals surface area contributed by atoms with Crippen molar-refractivity contribution in [3.05, 3.63) is 65.7 Å². The lowest BCUT2D eigenvalue weighted by molar-refractivity contribution is -0.116. The maximum absolute atomic E-state index is 11.3. The van der Waals surface area contributed by atoms with E-state index < -0.39 is 0 Å². The summed E-state index contributed by atoms with van der Waals surface area (Å²) in [4.78, 5) is 17.0. The number of Topliss-reactive ketones (excluding diaryl/α,β-unsaturated/α-hetero) is 1. The zero-order valence-corrected chi connectivity index (χ0v) is 21.0. The highest BCUT2D eigenvalue weighted by Crippen LogP contribution is 2.39. The molecule has 0 unspecified atom stereocenters. The van der Waals surface area contributed by atoms with Gasteiger partial charge < -0.3 is 9.47 Å². The number of thiazole rings is 1. The van der Waals surface area contributed by atoms with Crippen molar-refractivity contribution in [1.29, 1.82) is 0 Å². The van der Waals surface area contributed by atoms with Gasteiger partial charge in [-0.1, -0.05) is 47.7 Å². The van der Waals surface area contributed by atoms with E-state index in [1.807, 2.05) is 49.4 Å². The summed E-state index contributed by atoms with van der Waals surface area (Å²) in [6.45, 7) is 6.25. The van der Waals surface area contributed by atoms with Crippen LogP contribution in [-0.2, 0) is 27.1 Å². The van der Waals surface area contributed by atoms with Crippen molar-refractivity contribution < 1.29 is 14.3 Å². The highest BCUT2D eigenvalue weighted by molar-refractivity contribution is 7.30. The van der Waals surface area contributed by atoms with E-state index in [2.05, 4.69) is 22.4 Å². The number of benzene rings is 2. The van der Waals surface area contributed by atoms with Crippen molar-refractivity contribution in [2.24, 2.45) is 10.2 Å². The third-order valence-electron chi connectivity index (χ3n) is 5.04. The summed E-state index contributed by atoms with van der Waals surface area (Å²) in [5.41, 5.74) is 4.11. The minimum Gasteiger partial charge on any atom is -0.379 e. The zero-order chi connectivity index (χ0) is 23.8. The van der Waals surface area contributed by atoms with Crippen LogP contribution in [0.2, 0.25) is 0 Å². The van der Waals surface area contributed by atoms with E-state index in [0.29, 0.717) is 26.2 Å². The summed E-state index contributed by atoms with van der Waals surface area (Å²) in [5.74, 6) is 0.166. The van der Waals surface area contributed by atoms with Crippen LogP contribution in [0, 0.1) is 0 Å². The molecular formula is C26H27N3O3S2. The lowest BCUT2D eigenvalue weighted by Gasteiger charge is -2.04. The first-order valence-electron chi connectivity index (χ1n) is 11.3. The summed E-state index contributed by atoms with van der Waals surface area (Å²) in [7, 11) is 0. The van der Waals surface area contributed by atoms with Gasteiger partial charge in [-0.2, -0.15) is 0 Å². The molecule has 0 fully saturated rings. The minimum atomic E-state index is 0.166. The molecule has 2 aromatic carbocycles. The van der Waals surface area contributed by atoms with Crippen LogP contribution < -0.4 is 0 Å². The predicted molar refractivity (Wildman–Crippen MR) is 139 cm³/mol. The molecule has 4 rings (SSSR count). The lowest BCUT2D eigenvalue weighted by Crippen LogP contribution is -2.06. The molecule has 8 heteroatoms. The third-order valence-corrected chi connectivity index (χ3v) is 7.14. The number of hydrogen-bond acceptors (Lipinski definition) is 8. The second-order valence-electron chi connectivity index (χ2n) is 7.77. The Morgan fingerprint density at radius 3 is 2.35 bits per heavy atom. The second-order valence-corrected chi connectivity index (χ2v) is 9.81. The van der Waals surface area contributed by atoms with Crippen molar-refractivity contribution >= 4 is 48.7 Å². The van der Waals surface area contributed by atoms with Crippen LogP contribution in [0.4, 0.5) is 10.7 Å². The van der Waals surface area contributed by atoms with Gasteiger partial charge in [-0.15, -0.1) is 21.6 Å².